The van der Waals surface area contributed by atoms with Crippen LogP contribution in [0.25, 0.3) is 0 Å². The highest BCUT2D eigenvalue weighted by Gasteiger charge is 2.19. The summed E-state index contributed by atoms with van der Waals surface area (Å²) < 4.78 is 7.06. The van der Waals surface area contributed by atoms with E-state index in [1.165, 1.54) is 5.56 Å². The van der Waals surface area contributed by atoms with Gasteiger partial charge in [-0.2, -0.15) is 0 Å². The Balaban J connectivity index is 2.33. The Morgan fingerprint density at radius 2 is 1.76 bits per heavy atom. The normalized spacial score (nSPS) is 13.0. The fourth-order valence-corrected chi connectivity index (χ4v) is 2.96. The summed E-state index contributed by atoms with van der Waals surface area (Å²) in [4.78, 5) is 0. The molecule has 0 amide bonds. The number of para-hydroxylation sites is 1. The predicted molar refractivity (Wildman–Crippen MR) is 92.0 cm³/mol. The molecule has 0 bridgehead atoms. The molecule has 0 heterocycles. The smallest absolute Gasteiger partial charge is 0.131 e. The predicted octanol–water partition coefficient (Wildman–Crippen LogP) is 5.56. The van der Waals surface area contributed by atoms with Crippen molar-refractivity contribution in [2.45, 2.75) is 39.2 Å². The third-order valence-corrected chi connectivity index (χ3v) is 4.07. The van der Waals surface area contributed by atoms with Crippen LogP contribution in [0.3, 0.4) is 0 Å². The molecule has 3 heteroatoms. The molecule has 2 nitrogen and oxygen atoms in total. The topological polar surface area (TPSA) is 35.2 Å². The van der Waals surface area contributed by atoms with E-state index in [-0.39, 0.29) is 11.5 Å². The second-order valence-electron chi connectivity index (χ2n) is 6.32. The molecule has 112 valence electrons. The summed E-state index contributed by atoms with van der Waals surface area (Å²) in [5, 5.41) is 0. The summed E-state index contributed by atoms with van der Waals surface area (Å²) in [6.45, 7) is 8.52. The third kappa shape index (κ3) is 3.86. The minimum atomic E-state index is -0.00436. The average Bonchev–Trinajstić information content (AvgIpc) is 2.37. The van der Waals surface area contributed by atoms with Gasteiger partial charge in [0, 0.05) is 16.1 Å². The fraction of sp³-hybridized carbons (Fsp3) is 0.333. The first-order chi connectivity index (χ1) is 9.79. The van der Waals surface area contributed by atoms with E-state index in [0.717, 1.165) is 21.5 Å². The van der Waals surface area contributed by atoms with E-state index in [1.807, 2.05) is 43.3 Å². The molecule has 0 unspecified atom stereocenters. The highest BCUT2D eigenvalue weighted by Crippen LogP contribution is 2.35. The average molecular weight is 348 g/mol. The van der Waals surface area contributed by atoms with Gasteiger partial charge < -0.3 is 10.5 Å². The van der Waals surface area contributed by atoms with Crippen LogP contribution in [0.2, 0.25) is 0 Å². The van der Waals surface area contributed by atoms with Crippen molar-refractivity contribution in [2.75, 3.05) is 0 Å². The molecule has 2 rings (SSSR count). The van der Waals surface area contributed by atoms with Crippen molar-refractivity contribution in [3.05, 3.63) is 58.1 Å². The molecule has 2 aromatic carbocycles. The highest BCUT2D eigenvalue weighted by molar-refractivity contribution is 9.10. The van der Waals surface area contributed by atoms with E-state index < -0.39 is 0 Å². The summed E-state index contributed by atoms with van der Waals surface area (Å²) in [5.74, 6) is 1.70. The third-order valence-electron chi connectivity index (χ3n) is 3.39. The van der Waals surface area contributed by atoms with Crippen LogP contribution in [-0.4, -0.2) is 0 Å². The molecule has 0 saturated carbocycles. The van der Waals surface area contributed by atoms with Gasteiger partial charge in [0.15, 0.2) is 0 Å². The highest BCUT2D eigenvalue weighted by atomic mass is 79.9. The molecule has 0 fully saturated rings. The van der Waals surface area contributed by atoms with Crippen molar-refractivity contribution < 1.29 is 4.74 Å². The van der Waals surface area contributed by atoms with Crippen molar-refractivity contribution in [3.8, 4) is 11.5 Å². The molecule has 0 aliphatic heterocycles. The van der Waals surface area contributed by atoms with Crippen LogP contribution in [0.15, 0.2) is 46.9 Å². The number of hydrogen-bond donors (Lipinski definition) is 1. The first-order valence-electron chi connectivity index (χ1n) is 7.11. The maximum absolute atomic E-state index is 6.08. The molecule has 0 radical (unpaired) electrons. The minimum Gasteiger partial charge on any atom is -0.457 e. The van der Waals surface area contributed by atoms with E-state index >= 15 is 0 Å². The zero-order valence-corrected chi connectivity index (χ0v) is 14.6. The second-order valence-corrected chi connectivity index (χ2v) is 7.17. The van der Waals surface area contributed by atoms with E-state index in [4.69, 9.17) is 10.5 Å². The van der Waals surface area contributed by atoms with Gasteiger partial charge >= 0.3 is 0 Å². The lowest BCUT2D eigenvalue weighted by atomic mass is 9.86. The summed E-state index contributed by atoms with van der Waals surface area (Å²) >= 11 is 3.56. The zero-order valence-electron chi connectivity index (χ0n) is 13.0. The Morgan fingerprint density at radius 1 is 1.10 bits per heavy atom. The Kier molecular flexibility index (Phi) is 4.74. The quantitative estimate of drug-likeness (QED) is 0.788. The molecule has 0 aliphatic carbocycles. The summed E-state index contributed by atoms with van der Waals surface area (Å²) in [6, 6.07) is 14.1. The monoisotopic (exact) mass is 347 g/mol. The van der Waals surface area contributed by atoms with Crippen LogP contribution in [0.5, 0.6) is 11.5 Å². The molecule has 21 heavy (non-hydrogen) atoms. The number of ether oxygens (including phenoxy) is 1. The van der Waals surface area contributed by atoms with E-state index in [1.54, 1.807) is 0 Å². The molecular weight excluding hydrogens is 326 g/mol. The van der Waals surface area contributed by atoms with Crippen molar-refractivity contribution in [1.82, 2.24) is 0 Å². The van der Waals surface area contributed by atoms with Crippen molar-refractivity contribution in [2.24, 2.45) is 5.73 Å². The maximum atomic E-state index is 6.08. The minimum absolute atomic E-state index is 0.00436. The van der Waals surface area contributed by atoms with Gasteiger partial charge in [0.2, 0.25) is 0 Å². The second kappa shape index (κ2) is 6.20. The summed E-state index contributed by atoms with van der Waals surface area (Å²) in [6.07, 6.45) is 0. The van der Waals surface area contributed by atoms with Gasteiger partial charge in [0.05, 0.1) is 0 Å². The SMILES string of the molecule is C[C@@H](N)c1ccc(Oc2ccccc2C(C)(C)C)cc1Br. The molecule has 0 spiro atoms. The van der Waals surface area contributed by atoms with Crippen LogP contribution < -0.4 is 10.5 Å². The Morgan fingerprint density at radius 3 is 2.33 bits per heavy atom. The Bertz CT molecular complexity index is 629. The molecule has 2 aromatic rings. The number of rotatable bonds is 3. The number of halogens is 1. The van der Waals surface area contributed by atoms with Gasteiger partial charge in [-0.25, -0.2) is 0 Å². The van der Waals surface area contributed by atoms with Gasteiger partial charge in [-0.05, 0) is 36.1 Å². The van der Waals surface area contributed by atoms with Crippen LogP contribution in [-0.2, 0) is 5.41 Å². The standard InChI is InChI=1S/C18H22BrNO/c1-12(20)14-10-9-13(11-16(14)19)21-17-8-6-5-7-15(17)18(2,3)4/h5-12H,20H2,1-4H3/t12-/m1/s1. The molecule has 0 aromatic heterocycles. The lowest BCUT2D eigenvalue weighted by Gasteiger charge is -2.22. The van der Waals surface area contributed by atoms with Crippen LogP contribution in [0.1, 0.15) is 44.9 Å². The molecule has 0 saturated heterocycles. The van der Waals surface area contributed by atoms with Gasteiger partial charge in [-0.15, -0.1) is 0 Å². The van der Waals surface area contributed by atoms with Gasteiger partial charge in [-0.3, -0.25) is 0 Å². The molecule has 0 aliphatic rings. The number of benzene rings is 2. The van der Waals surface area contributed by atoms with Crippen molar-refractivity contribution in [1.29, 1.82) is 0 Å². The number of hydrogen-bond acceptors (Lipinski definition) is 2. The maximum Gasteiger partial charge on any atom is 0.131 e. The van der Waals surface area contributed by atoms with E-state index in [2.05, 4.69) is 42.8 Å². The van der Waals surface area contributed by atoms with Gasteiger partial charge in [-0.1, -0.05) is 61.0 Å². The lowest BCUT2D eigenvalue weighted by molar-refractivity contribution is 0.455. The van der Waals surface area contributed by atoms with Crippen LogP contribution in [0, 0.1) is 0 Å². The zero-order chi connectivity index (χ0) is 15.6. The van der Waals surface area contributed by atoms with Crippen LogP contribution >= 0.6 is 15.9 Å². The van der Waals surface area contributed by atoms with Gasteiger partial charge in [0.25, 0.3) is 0 Å². The van der Waals surface area contributed by atoms with E-state index in [0.29, 0.717) is 0 Å². The Hall–Kier alpha value is -1.32. The lowest BCUT2D eigenvalue weighted by Crippen LogP contribution is -2.12. The fourth-order valence-electron chi connectivity index (χ4n) is 2.24. The van der Waals surface area contributed by atoms with E-state index in [9.17, 15) is 0 Å². The molecular formula is C18H22BrNO. The van der Waals surface area contributed by atoms with Crippen LogP contribution in [0.4, 0.5) is 0 Å². The summed E-state index contributed by atoms with van der Waals surface area (Å²) in [5.41, 5.74) is 8.24. The molecule has 1 atom stereocenters. The largest absolute Gasteiger partial charge is 0.457 e. The number of nitrogens with two attached hydrogens (primary N) is 1. The van der Waals surface area contributed by atoms with Crippen molar-refractivity contribution in [3.63, 3.8) is 0 Å². The van der Waals surface area contributed by atoms with Crippen molar-refractivity contribution >= 4 is 15.9 Å². The summed E-state index contributed by atoms with van der Waals surface area (Å²) in [7, 11) is 0. The molecule has 2 N–H and O–H groups in total. The first kappa shape index (κ1) is 16.1. The first-order valence-corrected chi connectivity index (χ1v) is 7.90. The Labute approximate surface area is 135 Å². The van der Waals surface area contributed by atoms with Gasteiger partial charge in [0.1, 0.15) is 11.5 Å².